The zero-order valence-corrected chi connectivity index (χ0v) is 12.5. The van der Waals surface area contributed by atoms with E-state index < -0.39 is 5.82 Å². The van der Waals surface area contributed by atoms with Gasteiger partial charge in [-0.1, -0.05) is 35.0 Å². The molecule has 0 saturated carbocycles. The summed E-state index contributed by atoms with van der Waals surface area (Å²) in [7, 11) is 0. The first-order chi connectivity index (χ1) is 11.1. The van der Waals surface area contributed by atoms with Crippen molar-refractivity contribution >= 4 is 17.5 Å². The van der Waals surface area contributed by atoms with E-state index in [1.54, 1.807) is 42.5 Å². The normalized spacial score (nSPS) is 10.5. The monoisotopic (exact) mass is 331 g/mol. The van der Waals surface area contributed by atoms with Crippen molar-refractivity contribution in [1.29, 1.82) is 0 Å². The second-order valence-electron chi connectivity index (χ2n) is 4.68. The third kappa shape index (κ3) is 3.54. The van der Waals surface area contributed by atoms with E-state index in [1.807, 2.05) is 0 Å². The summed E-state index contributed by atoms with van der Waals surface area (Å²) in [6, 6.07) is 12.7. The molecule has 1 heterocycles. The van der Waals surface area contributed by atoms with Gasteiger partial charge in [0.25, 0.3) is 5.91 Å². The molecular formula is C16H11ClFN3O2. The quantitative estimate of drug-likeness (QED) is 0.795. The highest BCUT2D eigenvalue weighted by molar-refractivity contribution is 6.30. The molecule has 0 aliphatic carbocycles. The van der Waals surface area contributed by atoms with Crippen LogP contribution in [0.5, 0.6) is 0 Å². The smallest absolute Gasteiger partial charge is 0.251 e. The van der Waals surface area contributed by atoms with E-state index in [0.29, 0.717) is 10.6 Å². The molecule has 7 heteroatoms. The van der Waals surface area contributed by atoms with Gasteiger partial charge in [0.2, 0.25) is 11.7 Å². The van der Waals surface area contributed by atoms with Crippen LogP contribution in [0.15, 0.2) is 53.1 Å². The summed E-state index contributed by atoms with van der Waals surface area (Å²) in [4.78, 5) is 16.0. The Morgan fingerprint density at radius 2 is 2.04 bits per heavy atom. The van der Waals surface area contributed by atoms with Crippen LogP contribution in [0.4, 0.5) is 4.39 Å². The van der Waals surface area contributed by atoms with Crippen molar-refractivity contribution in [3.05, 3.63) is 70.8 Å². The van der Waals surface area contributed by atoms with Gasteiger partial charge in [0, 0.05) is 10.6 Å². The van der Waals surface area contributed by atoms with Crippen LogP contribution in [0, 0.1) is 5.82 Å². The van der Waals surface area contributed by atoms with Crippen LogP contribution in [-0.4, -0.2) is 16.0 Å². The molecule has 0 radical (unpaired) electrons. The molecule has 0 spiro atoms. The van der Waals surface area contributed by atoms with Crippen molar-refractivity contribution < 1.29 is 13.7 Å². The number of benzene rings is 2. The predicted molar refractivity (Wildman–Crippen MR) is 82.3 cm³/mol. The van der Waals surface area contributed by atoms with E-state index in [0.717, 1.165) is 0 Å². The molecule has 0 fully saturated rings. The van der Waals surface area contributed by atoms with Crippen molar-refractivity contribution in [3.63, 3.8) is 0 Å². The molecule has 2 aromatic carbocycles. The molecule has 3 rings (SSSR count). The number of amides is 1. The maximum absolute atomic E-state index is 13.7. The fourth-order valence-corrected chi connectivity index (χ4v) is 2.16. The highest BCUT2D eigenvalue weighted by atomic mass is 35.5. The summed E-state index contributed by atoms with van der Waals surface area (Å²) < 4.78 is 18.7. The van der Waals surface area contributed by atoms with Crippen molar-refractivity contribution in [3.8, 4) is 11.4 Å². The number of nitrogens with zero attached hydrogens (tertiary/aromatic N) is 2. The highest BCUT2D eigenvalue weighted by Gasteiger charge is 2.13. The molecule has 1 amide bonds. The molecule has 116 valence electrons. The number of nitrogens with one attached hydrogen (secondary N) is 1. The van der Waals surface area contributed by atoms with Crippen molar-refractivity contribution in [2.24, 2.45) is 0 Å². The molecule has 23 heavy (non-hydrogen) atoms. The van der Waals surface area contributed by atoms with Crippen molar-refractivity contribution in [2.45, 2.75) is 6.54 Å². The Bertz CT molecular complexity index is 851. The summed E-state index contributed by atoms with van der Waals surface area (Å²) in [6.07, 6.45) is 0. The summed E-state index contributed by atoms with van der Waals surface area (Å²) in [5, 5.41) is 6.82. The lowest BCUT2D eigenvalue weighted by atomic mass is 10.2. The summed E-state index contributed by atoms with van der Waals surface area (Å²) in [5.74, 6) is -0.449. The van der Waals surface area contributed by atoms with Gasteiger partial charge in [0.15, 0.2) is 0 Å². The average molecular weight is 332 g/mol. The van der Waals surface area contributed by atoms with Crippen LogP contribution in [0.1, 0.15) is 16.2 Å². The van der Waals surface area contributed by atoms with Gasteiger partial charge in [0.1, 0.15) is 5.82 Å². The zero-order valence-electron chi connectivity index (χ0n) is 11.8. The first-order valence-electron chi connectivity index (χ1n) is 6.75. The SMILES string of the molecule is O=C(NCc1nc(-c2ccccc2F)no1)c1cccc(Cl)c1. The van der Waals surface area contributed by atoms with Gasteiger partial charge < -0.3 is 9.84 Å². The molecule has 0 aliphatic rings. The topological polar surface area (TPSA) is 68.0 Å². The van der Waals surface area contributed by atoms with Gasteiger partial charge in [-0.05, 0) is 30.3 Å². The van der Waals surface area contributed by atoms with Crippen LogP contribution in [0.3, 0.4) is 0 Å². The maximum Gasteiger partial charge on any atom is 0.251 e. The standard InChI is InChI=1S/C16H11ClFN3O2/c17-11-5-3-4-10(8-11)16(22)19-9-14-20-15(21-23-14)12-6-1-2-7-13(12)18/h1-8H,9H2,(H,19,22). The van der Waals surface area contributed by atoms with Gasteiger partial charge in [-0.25, -0.2) is 4.39 Å². The van der Waals surface area contributed by atoms with E-state index in [-0.39, 0.29) is 29.7 Å². The average Bonchev–Trinajstić information content (AvgIpc) is 3.02. The molecule has 0 saturated heterocycles. The van der Waals surface area contributed by atoms with Crippen LogP contribution < -0.4 is 5.32 Å². The van der Waals surface area contributed by atoms with Crippen LogP contribution in [-0.2, 0) is 6.54 Å². The lowest BCUT2D eigenvalue weighted by molar-refractivity contribution is 0.0946. The number of aromatic nitrogens is 2. The molecule has 3 aromatic rings. The lowest BCUT2D eigenvalue weighted by Gasteiger charge is -2.02. The Balaban J connectivity index is 1.68. The summed E-state index contributed by atoms with van der Waals surface area (Å²) >= 11 is 5.84. The predicted octanol–water partition coefficient (Wildman–Crippen LogP) is 3.46. The number of hydrogen-bond donors (Lipinski definition) is 1. The van der Waals surface area contributed by atoms with E-state index in [4.69, 9.17) is 16.1 Å². The molecule has 0 atom stereocenters. The number of rotatable bonds is 4. The molecule has 1 N–H and O–H groups in total. The fraction of sp³-hybridized carbons (Fsp3) is 0.0625. The molecule has 0 bridgehead atoms. The third-order valence-corrected chi connectivity index (χ3v) is 3.30. The summed E-state index contributed by atoms with van der Waals surface area (Å²) in [6.45, 7) is 0.0345. The van der Waals surface area contributed by atoms with Gasteiger partial charge in [-0.3, -0.25) is 4.79 Å². The van der Waals surface area contributed by atoms with E-state index in [2.05, 4.69) is 15.5 Å². The molecule has 0 unspecified atom stereocenters. The van der Waals surface area contributed by atoms with Gasteiger partial charge in [-0.2, -0.15) is 4.98 Å². The maximum atomic E-state index is 13.7. The Morgan fingerprint density at radius 1 is 1.22 bits per heavy atom. The number of hydrogen-bond acceptors (Lipinski definition) is 4. The van der Waals surface area contributed by atoms with Crippen molar-refractivity contribution in [2.75, 3.05) is 0 Å². The molecule has 5 nitrogen and oxygen atoms in total. The minimum atomic E-state index is -0.442. The first-order valence-corrected chi connectivity index (χ1v) is 7.12. The summed E-state index contributed by atoms with van der Waals surface area (Å²) in [5.41, 5.74) is 0.662. The molecular weight excluding hydrogens is 321 g/mol. The van der Waals surface area contributed by atoms with Crippen molar-refractivity contribution in [1.82, 2.24) is 15.5 Å². The highest BCUT2D eigenvalue weighted by Crippen LogP contribution is 2.19. The number of halogens is 2. The van der Waals surface area contributed by atoms with Gasteiger partial charge >= 0.3 is 0 Å². The van der Waals surface area contributed by atoms with Gasteiger partial charge in [0.05, 0.1) is 12.1 Å². The second kappa shape index (κ2) is 6.58. The zero-order chi connectivity index (χ0) is 16.2. The van der Waals surface area contributed by atoms with Crippen LogP contribution in [0.2, 0.25) is 5.02 Å². The van der Waals surface area contributed by atoms with Gasteiger partial charge in [-0.15, -0.1) is 0 Å². The Kier molecular flexibility index (Phi) is 4.34. The minimum absolute atomic E-state index is 0.0345. The Labute approximate surface area is 136 Å². The van der Waals surface area contributed by atoms with E-state index in [1.165, 1.54) is 6.07 Å². The third-order valence-electron chi connectivity index (χ3n) is 3.07. The molecule has 0 aliphatic heterocycles. The van der Waals surface area contributed by atoms with E-state index >= 15 is 0 Å². The molecule has 1 aromatic heterocycles. The fourth-order valence-electron chi connectivity index (χ4n) is 1.97. The Morgan fingerprint density at radius 3 is 2.83 bits per heavy atom. The largest absolute Gasteiger partial charge is 0.343 e. The number of carbonyl (C=O) groups is 1. The van der Waals surface area contributed by atoms with Crippen LogP contribution in [0.25, 0.3) is 11.4 Å². The Hall–Kier alpha value is -2.73. The first kappa shape index (κ1) is 15.2. The second-order valence-corrected chi connectivity index (χ2v) is 5.12. The lowest BCUT2D eigenvalue weighted by Crippen LogP contribution is -2.22. The van der Waals surface area contributed by atoms with Crippen LogP contribution >= 0.6 is 11.6 Å². The number of carbonyl (C=O) groups excluding carboxylic acids is 1. The van der Waals surface area contributed by atoms with E-state index in [9.17, 15) is 9.18 Å². The minimum Gasteiger partial charge on any atom is -0.343 e.